The van der Waals surface area contributed by atoms with Crippen molar-refractivity contribution in [2.75, 3.05) is 0 Å². The topological polar surface area (TPSA) is 31.4 Å². The van der Waals surface area contributed by atoms with Gasteiger partial charge in [0, 0.05) is 5.69 Å². The second-order valence-corrected chi connectivity index (χ2v) is 4.44. The number of aryl methyl sites for hydroxylation is 1. The molecule has 88 valence electrons. The van der Waals surface area contributed by atoms with Crippen molar-refractivity contribution in [1.29, 1.82) is 0 Å². The van der Waals surface area contributed by atoms with Gasteiger partial charge in [-0.05, 0) is 45.2 Å². The average Bonchev–Trinajstić information content (AvgIpc) is 3.03. The highest BCUT2D eigenvalue weighted by Gasteiger charge is 2.25. The number of aromatic nitrogens is 1. The monoisotopic (exact) mass is 221 g/mol. The molecule has 1 aromatic rings. The number of hydrogen-bond acceptors (Lipinski definition) is 3. The molecule has 0 aliphatic heterocycles. The van der Waals surface area contributed by atoms with Crippen LogP contribution in [0.25, 0.3) is 0 Å². The van der Waals surface area contributed by atoms with Crippen LogP contribution in [0.3, 0.4) is 0 Å². The fraction of sp³-hybridized carbons (Fsp3) is 0.615. The van der Waals surface area contributed by atoms with Gasteiger partial charge in [-0.2, -0.15) is 0 Å². The molecular weight excluding hydrogens is 202 g/mol. The van der Waals surface area contributed by atoms with Crippen LogP contribution in [0.4, 0.5) is 0 Å². The molecule has 0 atom stereocenters. The Bertz CT molecular complexity index is 359. The van der Waals surface area contributed by atoms with Gasteiger partial charge in [-0.1, -0.05) is 6.92 Å². The summed E-state index contributed by atoms with van der Waals surface area (Å²) in [5, 5.41) is 0. The first-order chi connectivity index (χ1) is 7.69. The predicted molar refractivity (Wildman–Crippen MR) is 63.0 cm³/mol. The Morgan fingerprint density at radius 2 is 2.12 bits per heavy atom. The van der Waals surface area contributed by atoms with E-state index < -0.39 is 0 Å². The van der Waals surface area contributed by atoms with E-state index in [0.717, 1.165) is 30.7 Å². The third kappa shape index (κ3) is 2.87. The fourth-order valence-corrected chi connectivity index (χ4v) is 1.43. The van der Waals surface area contributed by atoms with Crippen LogP contribution in [0.5, 0.6) is 11.6 Å². The van der Waals surface area contributed by atoms with Crippen LogP contribution in [0.15, 0.2) is 12.1 Å². The zero-order chi connectivity index (χ0) is 11.5. The van der Waals surface area contributed by atoms with E-state index in [1.165, 1.54) is 0 Å². The molecule has 0 amide bonds. The lowest BCUT2D eigenvalue weighted by Crippen LogP contribution is -2.10. The molecule has 0 saturated heterocycles. The zero-order valence-corrected chi connectivity index (χ0v) is 10.2. The maximum Gasteiger partial charge on any atom is 0.257 e. The van der Waals surface area contributed by atoms with E-state index in [4.69, 9.17) is 9.47 Å². The second-order valence-electron chi connectivity index (χ2n) is 4.44. The van der Waals surface area contributed by atoms with Crippen molar-refractivity contribution >= 4 is 0 Å². The summed E-state index contributed by atoms with van der Waals surface area (Å²) in [5.74, 6) is 1.43. The largest absolute Gasteiger partial charge is 0.485 e. The van der Waals surface area contributed by atoms with Gasteiger partial charge < -0.3 is 9.47 Å². The Balaban J connectivity index is 2.18. The van der Waals surface area contributed by atoms with Crippen molar-refractivity contribution in [2.24, 2.45) is 0 Å². The van der Waals surface area contributed by atoms with E-state index in [1.54, 1.807) is 0 Å². The van der Waals surface area contributed by atoms with Gasteiger partial charge in [0.25, 0.3) is 5.88 Å². The number of hydrogen-bond donors (Lipinski definition) is 0. The maximum atomic E-state index is 5.77. The quantitative estimate of drug-likeness (QED) is 0.766. The van der Waals surface area contributed by atoms with Gasteiger partial charge in [-0.25, -0.2) is 4.98 Å². The van der Waals surface area contributed by atoms with Crippen molar-refractivity contribution in [1.82, 2.24) is 4.98 Å². The minimum atomic E-state index is 0.126. The Morgan fingerprint density at radius 1 is 1.38 bits per heavy atom. The number of rotatable bonds is 5. The molecule has 1 aromatic heterocycles. The van der Waals surface area contributed by atoms with Crippen molar-refractivity contribution in [3.63, 3.8) is 0 Å². The molecule has 2 rings (SSSR count). The van der Waals surface area contributed by atoms with Gasteiger partial charge in [0.05, 0.1) is 12.2 Å². The molecule has 1 saturated carbocycles. The summed E-state index contributed by atoms with van der Waals surface area (Å²) >= 11 is 0. The first kappa shape index (κ1) is 11.2. The molecule has 0 aromatic carbocycles. The van der Waals surface area contributed by atoms with Crippen LogP contribution < -0.4 is 9.47 Å². The van der Waals surface area contributed by atoms with Crippen molar-refractivity contribution in [3.05, 3.63) is 17.8 Å². The smallest absolute Gasteiger partial charge is 0.257 e. The van der Waals surface area contributed by atoms with E-state index in [0.29, 0.717) is 12.0 Å². The van der Waals surface area contributed by atoms with Gasteiger partial charge in [-0.15, -0.1) is 0 Å². The highest BCUT2D eigenvalue weighted by Crippen LogP contribution is 2.32. The summed E-state index contributed by atoms with van der Waals surface area (Å²) < 4.78 is 11.4. The summed E-state index contributed by atoms with van der Waals surface area (Å²) in [4.78, 5) is 4.46. The van der Waals surface area contributed by atoms with Crippen LogP contribution in [0, 0.1) is 0 Å². The number of pyridine rings is 1. The van der Waals surface area contributed by atoms with E-state index >= 15 is 0 Å². The molecule has 1 aliphatic rings. The Hall–Kier alpha value is -1.25. The van der Waals surface area contributed by atoms with Gasteiger partial charge in [-0.3, -0.25) is 0 Å². The van der Waals surface area contributed by atoms with Crippen molar-refractivity contribution in [3.8, 4) is 11.6 Å². The number of ether oxygens (including phenoxy) is 2. The lowest BCUT2D eigenvalue weighted by atomic mass is 10.3. The SMILES string of the molecule is CCc1ccc(OC2CC2)c(OC(C)C)n1. The highest BCUT2D eigenvalue weighted by atomic mass is 16.5. The molecule has 1 fully saturated rings. The van der Waals surface area contributed by atoms with Crippen molar-refractivity contribution in [2.45, 2.75) is 52.2 Å². The maximum absolute atomic E-state index is 5.77. The van der Waals surface area contributed by atoms with E-state index in [9.17, 15) is 0 Å². The Labute approximate surface area is 96.8 Å². The van der Waals surface area contributed by atoms with Gasteiger partial charge in [0.1, 0.15) is 0 Å². The predicted octanol–water partition coefficient (Wildman–Crippen LogP) is 2.97. The van der Waals surface area contributed by atoms with Crippen LogP contribution in [0.2, 0.25) is 0 Å². The Morgan fingerprint density at radius 3 is 2.69 bits per heavy atom. The average molecular weight is 221 g/mol. The van der Waals surface area contributed by atoms with Crippen LogP contribution >= 0.6 is 0 Å². The lowest BCUT2D eigenvalue weighted by molar-refractivity contribution is 0.208. The van der Waals surface area contributed by atoms with Gasteiger partial charge in [0.2, 0.25) is 0 Å². The first-order valence-corrected chi connectivity index (χ1v) is 6.02. The van der Waals surface area contributed by atoms with Crippen LogP contribution in [0.1, 0.15) is 39.3 Å². The molecule has 1 heterocycles. The lowest BCUT2D eigenvalue weighted by Gasteiger charge is -2.14. The first-order valence-electron chi connectivity index (χ1n) is 6.02. The molecule has 16 heavy (non-hydrogen) atoms. The molecule has 0 spiro atoms. The van der Waals surface area contributed by atoms with Crippen LogP contribution in [-0.4, -0.2) is 17.2 Å². The third-order valence-electron chi connectivity index (χ3n) is 2.41. The molecule has 0 unspecified atom stereocenters. The minimum Gasteiger partial charge on any atom is -0.485 e. The molecular formula is C13H19NO2. The van der Waals surface area contributed by atoms with E-state index in [2.05, 4.69) is 11.9 Å². The summed E-state index contributed by atoms with van der Waals surface area (Å²) in [5.41, 5.74) is 1.04. The fourth-order valence-electron chi connectivity index (χ4n) is 1.43. The van der Waals surface area contributed by atoms with Gasteiger partial charge in [0.15, 0.2) is 5.75 Å². The molecule has 3 heteroatoms. The summed E-state index contributed by atoms with van der Waals surface area (Å²) in [6.07, 6.45) is 3.72. The van der Waals surface area contributed by atoms with Crippen LogP contribution in [-0.2, 0) is 6.42 Å². The molecule has 0 N–H and O–H groups in total. The summed E-state index contributed by atoms with van der Waals surface area (Å²) in [6.45, 7) is 6.09. The summed E-state index contributed by atoms with van der Waals surface area (Å²) in [7, 11) is 0. The Kier molecular flexibility index (Phi) is 3.32. The third-order valence-corrected chi connectivity index (χ3v) is 2.41. The van der Waals surface area contributed by atoms with E-state index in [1.807, 2.05) is 26.0 Å². The van der Waals surface area contributed by atoms with E-state index in [-0.39, 0.29) is 6.10 Å². The highest BCUT2D eigenvalue weighted by molar-refractivity contribution is 5.35. The molecule has 0 radical (unpaired) electrons. The number of nitrogens with zero attached hydrogens (tertiary/aromatic N) is 1. The molecule has 0 bridgehead atoms. The molecule has 1 aliphatic carbocycles. The second kappa shape index (κ2) is 4.73. The summed E-state index contributed by atoms with van der Waals surface area (Å²) in [6, 6.07) is 3.98. The normalized spacial score (nSPS) is 15.2. The van der Waals surface area contributed by atoms with Gasteiger partial charge >= 0.3 is 0 Å². The molecule has 3 nitrogen and oxygen atoms in total. The minimum absolute atomic E-state index is 0.126. The van der Waals surface area contributed by atoms with Crippen molar-refractivity contribution < 1.29 is 9.47 Å². The standard InChI is InChI=1S/C13H19NO2/c1-4-10-5-8-12(16-11-6-7-11)13(14-10)15-9(2)3/h5,8-9,11H,4,6-7H2,1-3H3. The zero-order valence-electron chi connectivity index (χ0n) is 10.2.